The molecule has 0 unspecified atom stereocenters. The summed E-state index contributed by atoms with van der Waals surface area (Å²) in [6, 6.07) is 14.0. The third-order valence-electron chi connectivity index (χ3n) is 3.74. The fourth-order valence-electron chi connectivity index (χ4n) is 2.65. The molecule has 2 aromatic carbocycles. The van der Waals surface area contributed by atoms with E-state index in [1.165, 1.54) is 24.6 Å². The van der Waals surface area contributed by atoms with Gasteiger partial charge >= 0.3 is 5.97 Å². The molecule has 0 bridgehead atoms. The van der Waals surface area contributed by atoms with E-state index >= 15 is 0 Å². The molecule has 23 heavy (non-hydrogen) atoms. The molecular formula is C20H21FO2. The molecular weight excluding hydrogens is 291 g/mol. The van der Waals surface area contributed by atoms with Gasteiger partial charge in [0.1, 0.15) is 11.6 Å². The Bertz CT molecular complexity index is 691. The average molecular weight is 312 g/mol. The molecule has 0 aliphatic heterocycles. The molecule has 0 saturated carbocycles. The average Bonchev–Trinajstić information content (AvgIpc) is 2.54. The van der Waals surface area contributed by atoms with Crippen molar-refractivity contribution < 1.29 is 13.9 Å². The van der Waals surface area contributed by atoms with Crippen molar-refractivity contribution in [2.75, 3.05) is 0 Å². The number of ether oxygens (including phenoxy) is 1. The van der Waals surface area contributed by atoms with Crippen LogP contribution in [0, 0.1) is 5.82 Å². The van der Waals surface area contributed by atoms with E-state index in [9.17, 15) is 9.18 Å². The minimum atomic E-state index is -0.338. The first-order chi connectivity index (χ1) is 11.0. The quantitative estimate of drug-likeness (QED) is 0.548. The van der Waals surface area contributed by atoms with Crippen LogP contribution in [0.3, 0.4) is 0 Å². The Morgan fingerprint density at radius 2 is 1.39 bits per heavy atom. The maximum Gasteiger partial charge on any atom is 0.308 e. The third kappa shape index (κ3) is 4.28. The highest BCUT2D eigenvalue weighted by Crippen LogP contribution is 2.31. The summed E-state index contributed by atoms with van der Waals surface area (Å²) in [7, 11) is 0. The second-order valence-corrected chi connectivity index (χ2v) is 5.31. The van der Waals surface area contributed by atoms with Gasteiger partial charge in [0.25, 0.3) is 0 Å². The fraction of sp³-hybridized carbons (Fsp3) is 0.250. The Hall–Kier alpha value is -2.42. The Labute approximate surface area is 136 Å². The molecule has 0 spiro atoms. The number of halogens is 1. The largest absolute Gasteiger partial charge is 0.427 e. The summed E-state index contributed by atoms with van der Waals surface area (Å²) in [6.07, 6.45) is 1.85. The minimum absolute atomic E-state index is 0.243. The van der Waals surface area contributed by atoms with Crippen LogP contribution in [0.2, 0.25) is 0 Å². The SMILES string of the molecule is CCC(CC)=C(c1ccc(F)cc1)c1ccc(OC(C)=O)cc1. The lowest BCUT2D eigenvalue weighted by atomic mass is 9.90. The van der Waals surface area contributed by atoms with Crippen LogP contribution >= 0.6 is 0 Å². The number of esters is 1. The first kappa shape index (κ1) is 16.9. The monoisotopic (exact) mass is 312 g/mol. The van der Waals surface area contributed by atoms with Gasteiger partial charge in [0.05, 0.1) is 0 Å². The molecule has 0 atom stereocenters. The summed E-state index contributed by atoms with van der Waals surface area (Å²) in [4.78, 5) is 11.0. The van der Waals surface area contributed by atoms with Crippen LogP contribution < -0.4 is 4.74 Å². The predicted octanol–water partition coefficient (Wildman–Crippen LogP) is 5.37. The van der Waals surface area contributed by atoms with Crippen molar-refractivity contribution in [3.05, 3.63) is 71.0 Å². The van der Waals surface area contributed by atoms with Crippen LogP contribution in [-0.2, 0) is 4.79 Å². The molecule has 120 valence electrons. The van der Waals surface area contributed by atoms with Crippen LogP contribution in [0.15, 0.2) is 54.1 Å². The molecule has 0 radical (unpaired) electrons. The second kappa shape index (κ2) is 7.73. The third-order valence-corrected chi connectivity index (χ3v) is 3.74. The van der Waals surface area contributed by atoms with Gasteiger partial charge in [-0.1, -0.05) is 43.7 Å². The zero-order chi connectivity index (χ0) is 16.8. The van der Waals surface area contributed by atoms with Crippen molar-refractivity contribution >= 4 is 11.5 Å². The molecule has 0 aliphatic rings. The molecule has 2 nitrogen and oxygen atoms in total. The zero-order valence-corrected chi connectivity index (χ0v) is 13.7. The Morgan fingerprint density at radius 3 is 1.83 bits per heavy atom. The topological polar surface area (TPSA) is 26.3 Å². The van der Waals surface area contributed by atoms with Gasteiger partial charge in [0, 0.05) is 6.92 Å². The number of carbonyl (C=O) groups is 1. The highest BCUT2D eigenvalue weighted by molar-refractivity contribution is 5.82. The highest BCUT2D eigenvalue weighted by atomic mass is 19.1. The van der Waals surface area contributed by atoms with Crippen LogP contribution in [0.25, 0.3) is 5.57 Å². The molecule has 0 heterocycles. The lowest BCUT2D eigenvalue weighted by Gasteiger charge is -2.15. The molecule has 0 amide bonds. The number of carbonyl (C=O) groups excluding carboxylic acids is 1. The van der Waals surface area contributed by atoms with E-state index in [1.54, 1.807) is 24.3 Å². The van der Waals surface area contributed by atoms with Gasteiger partial charge in [0.2, 0.25) is 0 Å². The summed E-state index contributed by atoms with van der Waals surface area (Å²) < 4.78 is 18.3. The summed E-state index contributed by atoms with van der Waals surface area (Å²) in [5.41, 5.74) is 4.44. The van der Waals surface area contributed by atoms with E-state index < -0.39 is 0 Å². The number of rotatable bonds is 5. The first-order valence-corrected chi connectivity index (χ1v) is 7.82. The van der Waals surface area contributed by atoms with E-state index in [4.69, 9.17) is 4.74 Å². The Kier molecular flexibility index (Phi) is 5.69. The van der Waals surface area contributed by atoms with E-state index in [0.717, 1.165) is 29.5 Å². The van der Waals surface area contributed by atoms with Gasteiger partial charge < -0.3 is 4.74 Å². The van der Waals surface area contributed by atoms with Crippen molar-refractivity contribution in [2.45, 2.75) is 33.6 Å². The van der Waals surface area contributed by atoms with Crippen LogP contribution in [-0.4, -0.2) is 5.97 Å². The molecule has 2 aromatic rings. The highest BCUT2D eigenvalue weighted by Gasteiger charge is 2.11. The molecule has 0 saturated heterocycles. The maximum absolute atomic E-state index is 13.2. The summed E-state index contributed by atoms with van der Waals surface area (Å²) >= 11 is 0. The van der Waals surface area contributed by atoms with Crippen LogP contribution in [0.1, 0.15) is 44.7 Å². The van der Waals surface area contributed by atoms with Crippen molar-refractivity contribution in [3.63, 3.8) is 0 Å². The van der Waals surface area contributed by atoms with E-state index in [2.05, 4.69) is 13.8 Å². The molecule has 3 heteroatoms. The smallest absolute Gasteiger partial charge is 0.308 e. The Morgan fingerprint density at radius 1 is 0.913 bits per heavy atom. The Balaban J connectivity index is 2.48. The van der Waals surface area contributed by atoms with Gasteiger partial charge in [-0.2, -0.15) is 0 Å². The van der Waals surface area contributed by atoms with Crippen LogP contribution in [0.4, 0.5) is 4.39 Å². The number of allylic oxidation sites excluding steroid dienone is 1. The first-order valence-electron chi connectivity index (χ1n) is 7.82. The summed E-state index contributed by atoms with van der Waals surface area (Å²) in [6.45, 7) is 5.62. The van der Waals surface area contributed by atoms with Crippen molar-refractivity contribution in [2.24, 2.45) is 0 Å². The normalized spacial score (nSPS) is 10.3. The van der Waals surface area contributed by atoms with E-state index in [-0.39, 0.29) is 11.8 Å². The van der Waals surface area contributed by atoms with Crippen molar-refractivity contribution in [1.82, 2.24) is 0 Å². The van der Waals surface area contributed by atoms with Gasteiger partial charge in [-0.25, -0.2) is 4.39 Å². The van der Waals surface area contributed by atoms with Crippen LogP contribution in [0.5, 0.6) is 5.75 Å². The van der Waals surface area contributed by atoms with Gasteiger partial charge in [0.15, 0.2) is 0 Å². The molecule has 0 aliphatic carbocycles. The zero-order valence-electron chi connectivity index (χ0n) is 13.7. The molecule has 0 fully saturated rings. The predicted molar refractivity (Wildman–Crippen MR) is 90.8 cm³/mol. The standard InChI is InChI=1S/C20H21FO2/c1-4-15(5-2)20(16-6-10-18(21)11-7-16)17-8-12-19(13-9-17)23-14(3)22/h6-13H,4-5H2,1-3H3. The fourth-order valence-corrected chi connectivity index (χ4v) is 2.65. The van der Waals surface area contributed by atoms with Gasteiger partial charge in [-0.3, -0.25) is 4.79 Å². The van der Waals surface area contributed by atoms with E-state index in [1.807, 2.05) is 12.1 Å². The summed E-state index contributed by atoms with van der Waals surface area (Å²) in [5.74, 6) is -0.0584. The second-order valence-electron chi connectivity index (χ2n) is 5.31. The maximum atomic E-state index is 13.2. The van der Waals surface area contributed by atoms with E-state index in [0.29, 0.717) is 5.75 Å². The molecule has 0 N–H and O–H groups in total. The molecule has 2 rings (SSSR count). The molecule has 0 aromatic heterocycles. The lowest BCUT2D eigenvalue weighted by Crippen LogP contribution is -2.01. The van der Waals surface area contributed by atoms with Crippen molar-refractivity contribution in [3.8, 4) is 5.75 Å². The number of benzene rings is 2. The minimum Gasteiger partial charge on any atom is -0.427 e. The number of hydrogen-bond donors (Lipinski definition) is 0. The lowest BCUT2D eigenvalue weighted by molar-refractivity contribution is -0.131. The number of hydrogen-bond acceptors (Lipinski definition) is 2. The van der Waals surface area contributed by atoms with Gasteiger partial charge in [-0.05, 0) is 53.8 Å². The van der Waals surface area contributed by atoms with Gasteiger partial charge in [-0.15, -0.1) is 0 Å². The van der Waals surface area contributed by atoms with Crippen molar-refractivity contribution in [1.29, 1.82) is 0 Å². The summed E-state index contributed by atoms with van der Waals surface area (Å²) in [5, 5.41) is 0.